The van der Waals surface area contributed by atoms with Crippen molar-refractivity contribution in [3.8, 4) is 5.75 Å². The van der Waals surface area contributed by atoms with Crippen molar-refractivity contribution in [1.29, 1.82) is 0 Å². The van der Waals surface area contributed by atoms with Crippen LogP contribution in [0.1, 0.15) is 60.0 Å². The van der Waals surface area contributed by atoms with E-state index in [0.29, 0.717) is 29.8 Å². The number of fused-ring (bicyclic) bond motifs is 1. The topological polar surface area (TPSA) is 75.1 Å². The van der Waals surface area contributed by atoms with Crippen molar-refractivity contribution in [2.45, 2.75) is 51.5 Å². The van der Waals surface area contributed by atoms with Crippen LogP contribution in [0.4, 0.5) is 14.5 Å². The number of carbonyl (C=O) groups excluding carboxylic acids is 1. The molecule has 2 aromatic carbocycles. The summed E-state index contributed by atoms with van der Waals surface area (Å²) < 4.78 is 34.0. The van der Waals surface area contributed by atoms with E-state index in [1.54, 1.807) is 12.4 Å². The van der Waals surface area contributed by atoms with Gasteiger partial charge in [0.2, 0.25) is 5.82 Å². The van der Waals surface area contributed by atoms with Crippen LogP contribution in [0.15, 0.2) is 70.9 Å². The third-order valence-electron chi connectivity index (χ3n) is 7.38. The second kappa shape index (κ2) is 11.8. The van der Waals surface area contributed by atoms with E-state index in [9.17, 15) is 13.6 Å². The molecule has 5 rings (SSSR count). The number of nitrogens with zero attached hydrogens (tertiary/aromatic N) is 2. The van der Waals surface area contributed by atoms with Gasteiger partial charge in [-0.25, -0.2) is 9.38 Å². The number of hydrogen-bond acceptors (Lipinski definition) is 5. The SMILES string of the molecule is COc1ccc(C2=CN=C3C(Nc4ccc(C(=O)NC5CC=CCCC5)c(C)c4)=NC=CCC3C2)c(F)c1F. The number of halogens is 2. The Hall–Kier alpha value is -4.07. The van der Waals surface area contributed by atoms with Crippen LogP contribution in [0.5, 0.6) is 5.75 Å². The number of nitrogens with one attached hydrogen (secondary N) is 2. The van der Waals surface area contributed by atoms with E-state index in [0.717, 1.165) is 42.6 Å². The Kier molecular flexibility index (Phi) is 8.00. The lowest BCUT2D eigenvalue weighted by Gasteiger charge is -2.24. The van der Waals surface area contributed by atoms with Gasteiger partial charge in [0, 0.05) is 41.2 Å². The summed E-state index contributed by atoms with van der Waals surface area (Å²) in [6, 6.07) is 8.72. The van der Waals surface area contributed by atoms with E-state index in [1.165, 1.54) is 19.2 Å². The Morgan fingerprint density at radius 1 is 1.05 bits per heavy atom. The number of benzene rings is 2. The number of amides is 1. The first-order valence-corrected chi connectivity index (χ1v) is 13.3. The fourth-order valence-electron chi connectivity index (χ4n) is 5.25. The first kappa shape index (κ1) is 26.5. The smallest absolute Gasteiger partial charge is 0.251 e. The lowest BCUT2D eigenvalue weighted by atomic mass is 9.86. The molecule has 3 aliphatic rings. The second-order valence-electron chi connectivity index (χ2n) is 10.1. The summed E-state index contributed by atoms with van der Waals surface area (Å²) in [4.78, 5) is 22.1. The number of anilines is 1. The Labute approximate surface area is 227 Å². The molecule has 2 aliphatic heterocycles. The Morgan fingerprint density at radius 2 is 1.92 bits per heavy atom. The highest BCUT2D eigenvalue weighted by molar-refractivity contribution is 6.47. The van der Waals surface area contributed by atoms with Crippen molar-refractivity contribution >= 4 is 28.7 Å². The minimum Gasteiger partial charge on any atom is -0.494 e. The van der Waals surface area contributed by atoms with Crippen LogP contribution in [-0.2, 0) is 0 Å². The predicted octanol–water partition coefficient (Wildman–Crippen LogP) is 6.74. The molecule has 202 valence electrons. The highest BCUT2D eigenvalue weighted by Crippen LogP contribution is 2.35. The average molecular weight is 531 g/mol. The van der Waals surface area contributed by atoms with Gasteiger partial charge in [0.1, 0.15) is 0 Å². The fourth-order valence-corrected chi connectivity index (χ4v) is 5.25. The molecule has 2 N–H and O–H groups in total. The lowest BCUT2D eigenvalue weighted by Crippen LogP contribution is -2.34. The summed E-state index contributed by atoms with van der Waals surface area (Å²) in [5.41, 5.74) is 3.83. The molecule has 1 aliphatic carbocycles. The summed E-state index contributed by atoms with van der Waals surface area (Å²) >= 11 is 0. The second-order valence-corrected chi connectivity index (χ2v) is 10.1. The number of carbonyl (C=O) groups is 1. The third-order valence-corrected chi connectivity index (χ3v) is 7.38. The van der Waals surface area contributed by atoms with Gasteiger partial charge in [-0.3, -0.25) is 9.79 Å². The first-order chi connectivity index (χ1) is 18.9. The van der Waals surface area contributed by atoms with E-state index in [4.69, 9.17) is 4.74 Å². The molecule has 0 aromatic heterocycles. The molecule has 0 radical (unpaired) electrons. The molecule has 0 saturated heterocycles. The molecule has 8 heteroatoms. The van der Waals surface area contributed by atoms with Crippen molar-refractivity contribution in [1.82, 2.24) is 5.32 Å². The van der Waals surface area contributed by atoms with Gasteiger partial charge in [-0.2, -0.15) is 4.39 Å². The summed E-state index contributed by atoms with van der Waals surface area (Å²) in [5.74, 6) is -1.61. The van der Waals surface area contributed by atoms with E-state index in [2.05, 4.69) is 32.8 Å². The van der Waals surface area contributed by atoms with Crippen LogP contribution in [0.2, 0.25) is 0 Å². The van der Waals surface area contributed by atoms with Crippen LogP contribution in [0.3, 0.4) is 0 Å². The Morgan fingerprint density at radius 3 is 2.74 bits per heavy atom. The molecule has 39 heavy (non-hydrogen) atoms. The first-order valence-electron chi connectivity index (χ1n) is 13.3. The van der Waals surface area contributed by atoms with Gasteiger partial charge in [0.25, 0.3) is 5.91 Å². The molecule has 6 nitrogen and oxygen atoms in total. The van der Waals surface area contributed by atoms with Gasteiger partial charge in [-0.1, -0.05) is 18.2 Å². The zero-order chi connectivity index (χ0) is 27.4. The van der Waals surface area contributed by atoms with Crippen molar-refractivity contribution in [2.75, 3.05) is 12.4 Å². The van der Waals surface area contributed by atoms with Gasteiger partial charge in [0.05, 0.1) is 12.8 Å². The summed E-state index contributed by atoms with van der Waals surface area (Å²) in [6.07, 6.45) is 14.7. The fraction of sp³-hybridized carbons (Fsp3) is 0.323. The predicted molar refractivity (Wildman–Crippen MR) is 151 cm³/mol. The highest BCUT2D eigenvalue weighted by Gasteiger charge is 2.28. The van der Waals surface area contributed by atoms with Crippen molar-refractivity contribution in [2.24, 2.45) is 15.9 Å². The van der Waals surface area contributed by atoms with Crippen LogP contribution >= 0.6 is 0 Å². The van der Waals surface area contributed by atoms with Crippen LogP contribution in [0.25, 0.3) is 5.57 Å². The molecule has 2 unspecified atom stereocenters. The molecule has 0 saturated carbocycles. The van der Waals surface area contributed by atoms with Gasteiger partial charge in [-0.15, -0.1) is 0 Å². The molecule has 0 bridgehead atoms. The Bertz CT molecular complexity index is 1420. The van der Waals surface area contributed by atoms with E-state index >= 15 is 0 Å². The maximum atomic E-state index is 14.8. The van der Waals surface area contributed by atoms with Crippen LogP contribution < -0.4 is 15.4 Å². The summed E-state index contributed by atoms with van der Waals surface area (Å²) in [5, 5.41) is 6.52. The molecule has 2 aromatic rings. The van der Waals surface area contributed by atoms with Crippen LogP contribution in [-0.4, -0.2) is 30.6 Å². The van der Waals surface area contributed by atoms with Gasteiger partial charge in [0.15, 0.2) is 17.4 Å². The quantitative estimate of drug-likeness (QED) is 0.421. The monoisotopic (exact) mass is 530 g/mol. The molecule has 2 heterocycles. The van der Waals surface area contributed by atoms with E-state index in [1.807, 2.05) is 31.2 Å². The van der Waals surface area contributed by atoms with Crippen molar-refractivity contribution < 1.29 is 18.3 Å². The minimum atomic E-state index is -1.01. The molecule has 2 atom stereocenters. The number of rotatable bonds is 5. The van der Waals surface area contributed by atoms with Crippen LogP contribution in [0, 0.1) is 24.5 Å². The van der Waals surface area contributed by atoms with E-state index in [-0.39, 0.29) is 29.2 Å². The standard InChI is InChI=1S/C31H32F2N4O2/c1-19-16-23(11-12-24(19)31(38)37-22-9-5-3-4-6-10-22)36-30-29-20(8-7-15-34-30)17-21(18-35-29)25-13-14-26(39-2)28(33)27(25)32/h3,5,7,11-16,18,20,22H,4,6,8-10,17H2,1-2H3,(H,34,36)(H,37,38). The number of aliphatic imine (C=N–C) groups is 2. The molecule has 0 spiro atoms. The van der Waals surface area contributed by atoms with Crippen molar-refractivity contribution in [3.63, 3.8) is 0 Å². The number of aryl methyl sites for hydroxylation is 1. The largest absolute Gasteiger partial charge is 0.494 e. The van der Waals surface area contributed by atoms with Crippen molar-refractivity contribution in [3.05, 3.63) is 89.3 Å². The number of hydrogen-bond donors (Lipinski definition) is 2. The maximum absolute atomic E-state index is 14.8. The number of amidine groups is 1. The summed E-state index contributed by atoms with van der Waals surface area (Å²) in [7, 11) is 1.31. The number of allylic oxidation sites excluding steroid dienone is 3. The number of ether oxygens (including phenoxy) is 1. The van der Waals surface area contributed by atoms with E-state index < -0.39 is 11.6 Å². The molecule has 0 fully saturated rings. The van der Waals surface area contributed by atoms with Gasteiger partial charge >= 0.3 is 0 Å². The molecular weight excluding hydrogens is 498 g/mol. The van der Waals surface area contributed by atoms with Gasteiger partial charge < -0.3 is 15.4 Å². The maximum Gasteiger partial charge on any atom is 0.251 e. The zero-order valence-corrected chi connectivity index (χ0v) is 22.1. The van der Waals surface area contributed by atoms with Gasteiger partial charge in [-0.05, 0) is 86.9 Å². The lowest BCUT2D eigenvalue weighted by molar-refractivity contribution is 0.0934. The minimum absolute atomic E-state index is 0.0562. The normalized spacial score (nSPS) is 20.6. The average Bonchev–Trinajstić information content (AvgIpc) is 3.31. The number of methoxy groups -OCH3 is 1. The summed E-state index contributed by atoms with van der Waals surface area (Å²) in [6.45, 7) is 1.92. The molecule has 1 amide bonds. The third kappa shape index (κ3) is 5.85. The Balaban J connectivity index is 1.33. The highest BCUT2D eigenvalue weighted by atomic mass is 19.2. The zero-order valence-electron chi connectivity index (χ0n) is 22.1. The molecular formula is C31H32F2N4O2.